The first-order valence-electron chi connectivity index (χ1n) is 39.1. The Balaban J connectivity index is 0.565. The molecule has 20 aromatic rings. The highest BCUT2D eigenvalue weighted by atomic mass is 32.2. The fraction of sp³-hybridized carbons (Fsp3) is 0. The predicted octanol–water partition coefficient (Wildman–Crippen LogP) is 31.8. The van der Waals surface area contributed by atoms with Gasteiger partial charge in [0.2, 0.25) is 0 Å². The third-order valence-electron chi connectivity index (χ3n) is 22.8. The van der Waals surface area contributed by atoms with Crippen LogP contribution in [0.5, 0.6) is 0 Å². The van der Waals surface area contributed by atoms with E-state index in [0.29, 0.717) is 0 Å². The van der Waals surface area contributed by atoms with E-state index >= 15 is 0 Å². The van der Waals surface area contributed by atoms with Gasteiger partial charge in [0.25, 0.3) is 0 Å². The molecule has 2 nitrogen and oxygen atoms in total. The molecule has 1 aliphatic heterocycles. The maximum absolute atomic E-state index is 2.44. The lowest BCUT2D eigenvalue weighted by atomic mass is 9.95. The van der Waals surface area contributed by atoms with Gasteiger partial charge < -0.3 is 9.80 Å². The van der Waals surface area contributed by atoms with Gasteiger partial charge in [-0.25, -0.2) is 0 Å². The minimum Gasteiger partial charge on any atom is -0.310 e. The average Bonchev–Trinajstić information content (AvgIpc) is 1.57. The van der Waals surface area contributed by atoms with E-state index in [9.17, 15) is 0 Å². The highest BCUT2D eigenvalue weighted by Gasteiger charge is 2.30. The molecule has 0 saturated heterocycles. The average molecular weight is 1490 g/mol. The Hall–Kier alpha value is -14.1. The van der Waals surface area contributed by atoms with E-state index in [1.54, 1.807) is 0 Å². The molecule has 0 spiro atoms. The first-order valence-corrected chi connectivity index (χ1v) is 41.2. The lowest BCUT2D eigenvalue weighted by Gasteiger charge is -2.27. The number of hydrogen-bond acceptors (Lipinski definition) is 3. The van der Waals surface area contributed by atoms with Crippen molar-refractivity contribution in [3.05, 3.63) is 443 Å². The van der Waals surface area contributed by atoms with Gasteiger partial charge in [-0.15, -0.1) is 11.3 Å². The van der Waals surface area contributed by atoms with Gasteiger partial charge in [-0.05, 0) is 247 Å². The highest BCUT2D eigenvalue weighted by Crippen LogP contribution is 2.64. The molecule has 0 saturated carbocycles. The number of anilines is 6. The van der Waals surface area contributed by atoms with Gasteiger partial charge in [0.1, 0.15) is 0 Å². The van der Waals surface area contributed by atoms with Crippen LogP contribution in [-0.4, -0.2) is 0 Å². The molecule has 0 bridgehead atoms. The summed E-state index contributed by atoms with van der Waals surface area (Å²) in [6.45, 7) is 0. The van der Waals surface area contributed by atoms with Crippen LogP contribution in [0.2, 0.25) is 0 Å². The Morgan fingerprint density at radius 3 is 0.991 bits per heavy atom. The Morgan fingerprint density at radius 1 is 0.184 bits per heavy atom. The van der Waals surface area contributed by atoms with Crippen molar-refractivity contribution < 1.29 is 0 Å². The summed E-state index contributed by atoms with van der Waals surface area (Å²) in [4.78, 5) is 8.97. The van der Waals surface area contributed by atoms with Crippen LogP contribution >= 0.6 is 22.2 Å². The zero-order chi connectivity index (χ0) is 75.4. The fourth-order valence-electron chi connectivity index (χ4n) is 17.0. The summed E-state index contributed by atoms with van der Waals surface area (Å²) in [6, 6.07) is 164. The fourth-order valence-corrected chi connectivity index (χ4v) is 20.7. The second-order valence-electron chi connectivity index (χ2n) is 29.6. The molecule has 0 amide bonds. The van der Waals surface area contributed by atoms with Gasteiger partial charge >= 0.3 is 0 Å². The first kappa shape index (κ1) is 67.9. The third kappa shape index (κ3) is 12.8. The van der Waals surface area contributed by atoms with Crippen molar-refractivity contribution in [2.24, 2.45) is 0 Å². The Bertz CT molecular complexity index is 6940. The van der Waals surface area contributed by atoms with Crippen LogP contribution in [0.15, 0.2) is 458 Å². The molecule has 0 fully saturated rings. The number of thiophene rings is 1. The molecule has 0 aliphatic carbocycles. The molecule has 0 N–H and O–H groups in total. The SMILES string of the molecule is c1ccc(-c2ccc(-c3ccc(N(c4ccc(-c5ccc6ccc7c(c6c5)-c5ccccc5[SH]7c5ccc(-c6ccc(-c7cccc(N(c8ccc(-c9ccc(-c%10ccccc%10)cc9)cc8)c8ccc9ccc%10sc%11ccccc%11c%10c9c8)c7)cc6)cc5)cc4)c4cccc(-c5ccc(-c6ccccc6)cc5)c4)cc3)cc2)cc1. The molecular weight excluding hydrogens is 1410 g/mol. The van der Waals surface area contributed by atoms with Gasteiger partial charge in [-0.1, -0.05) is 328 Å². The molecule has 0 radical (unpaired) electrons. The monoisotopic (exact) mass is 1490 g/mol. The van der Waals surface area contributed by atoms with Crippen molar-refractivity contribution in [1.29, 1.82) is 0 Å². The van der Waals surface area contributed by atoms with E-state index in [4.69, 9.17) is 0 Å². The molecule has 2 heterocycles. The normalized spacial score (nSPS) is 12.6. The summed E-state index contributed by atoms with van der Waals surface area (Å²) >= 11 is 1.87. The standard InChI is InChI=1S/C110H74N2S2/c1-4-16-74(17-5-1)77-30-34-80(35-31-77)83-48-59-94(60-49-83)111(97-24-14-22-91(70-97)86-42-38-79(39-43-86)76-20-8-3-9-21-76)95-63-52-88(53-64-95)93-47-46-89-58-69-108-110(103(89)72-93)102-27-11-13-29-107(102)114(108)100-66-55-85(56-67-100)82-40-44-87(45-41-82)92-23-15-25-98(71-92)112(96-61-50-84(51-62-96)81-36-32-78(33-37-81)75-18-6-2-7-19-75)99-65-54-90-57-68-106-109(104(90)73-99)101-26-10-12-28-105(101)113-106/h1-73,114H. The quantitative estimate of drug-likeness (QED) is 0.0964. The molecule has 536 valence electrons. The van der Waals surface area contributed by atoms with E-state index < -0.39 is 10.9 Å². The van der Waals surface area contributed by atoms with Crippen LogP contribution in [0, 0.1) is 0 Å². The summed E-state index contributed by atoms with van der Waals surface area (Å²) in [5.74, 6) is 0. The first-order chi connectivity index (χ1) is 56.5. The largest absolute Gasteiger partial charge is 0.310 e. The molecule has 4 heteroatoms. The summed E-state index contributed by atoms with van der Waals surface area (Å²) in [5.41, 5.74) is 30.6. The minimum atomic E-state index is -0.831. The van der Waals surface area contributed by atoms with E-state index in [1.165, 1.54) is 151 Å². The van der Waals surface area contributed by atoms with Crippen molar-refractivity contribution in [3.63, 3.8) is 0 Å². The van der Waals surface area contributed by atoms with Crippen LogP contribution in [0.25, 0.3) is 153 Å². The molecular formula is C110H74N2S2. The molecule has 21 rings (SSSR count). The van der Waals surface area contributed by atoms with Crippen LogP contribution in [-0.2, 0) is 0 Å². The molecule has 114 heavy (non-hydrogen) atoms. The van der Waals surface area contributed by atoms with Gasteiger partial charge in [0.05, 0.1) is 0 Å². The second kappa shape index (κ2) is 29.3. The van der Waals surface area contributed by atoms with E-state index in [2.05, 4.69) is 453 Å². The van der Waals surface area contributed by atoms with E-state index in [-0.39, 0.29) is 0 Å². The Labute approximate surface area is 671 Å². The number of nitrogens with zero attached hydrogens (tertiary/aromatic N) is 2. The zero-order valence-electron chi connectivity index (χ0n) is 62.4. The topological polar surface area (TPSA) is 6.48 Å². The third-order valence-corrected chi connectivity index (χ3v) is 26.5. The van der Waals surface area contributed by atoms with E-state index in [0.717, 1.165) is 50.8 Å². The van der Waals surface area contributed by atoms with Crippen molar-refractivity contribution >= 4 is 98.1 Å². The smallest absolute Gasteiger partial charge is 0.0468 e. The van der Waals surface area contributed by atoms with Crippen molar-refractivity contribution in [3.8, 4) is 111 Å². The lowest BCUT2D eigenvalue weighted by Crippen LogP contribution is -2.10. The number of rotatable bonds is 16. The van der Waals surface area contributed by atoms with Crippen molar-refractivity contribution in [2.75, 3.05) is 9.80 Å². The van der Waals surface area contributed by atoms with E-state index in [1.807, 2.05) is 11.3 Å². The van der Waals surface area contributed by atoms with Gasteiger partial charge in [-0.3, -0.25) is 0 Å². The Kier molecular flexibility index (Phi) is 17.4. The number of hydrogen-bond donors (Lipinski definition) is 1. The van der Waals surface area contributed by atoms with Gasteiger partial charge in [-0.2, -0.15) is 10.9 Å². The van der Waals surface area contributed by atoms with Crippen LogP contribution < -0.4 is 9.80 Å². The maximum Gasteiger partial charge on any atom is 0.0468 e. The van der Waals surface area contributed by atoms with Crippen LogP contribution in [0.3, 0.4) is 0 Å². The summed E-state index contributed by atoms with van der Waals surface area (Å²) in [7, 11) is -0.831. The second-order valence-corrected chi connectivity index (χ2v) is 32.8. The molecule has 1 unspecified atom stereocenters. The van der Waals surface area contributed by atoms with Gasteiger partial charge in [0, 0.05) is 69.7 Å². The molecule has 1 atom stereocenters. The summed E-state index contributed by atoms with van der Waals surface area (Å²) in [6.07, 6.45) is 0. The lowest BCUT2D eigenvalue weighted by molar-refractivity contribution is 1.28. The Morgan fingerprint density at radius 2 is 0.509 bits per heavy atom. The zero-order valence-corrected chi connectivity index (χ0v) is 64.1. The number of fused-ring (bicyclic) bond motifs is 10. The van der Waals surface area contributed by atoms with Crippen molar-refractivity contribution in [2.45, 2.75) is 14.7 Å². The number of benzene rings is 19. The maximum atomic E-state index is 2.44. The molecule has 1 aromatic heterocycles. The highest BCUT2D eigenvalue weighted by molar-refractivity contribution is 8.17. The summed E-state index contributed by atoms with van der Waals surface area (Å²) in [5, 5.41) is 7.63. The summed E-state index contributed by atoms with van der Waals surface area (Å²) < 4.78 is 2.61. The molecule has 1 aliphatic rings. The van der Waals surface area contributed by atoms with Gasteiger partial charge in [0.15, 0.2) is 0 Å². The molecule has 19 aromatic carbocycles. The van der Waals surface area contributed by atoms with Crippen molar-refractivity contribution in [1.82, 2.24) is 0 Å². The minimum absolute atomic E-state index is 0.831. The van der Waals surface area contributed by atoms with Crippen LogP contribution in [0.4, 0.5) is 34.1 Å². The predicted molar refractivity (Wildman–Crippen MR) is 488 cm³/mol. The number of thiol groups is 1. The van der Waals surface area contributed by atoms with Crippen LogP contribution in [0.1, 0.15) is 0 Å².